The molecule has 0 aromatic heterocycles. The van der Waals surface area contributed by atoms with Gasteiger partial charge in [-0.15, -0.1) is 0 Å². The van der Waals surface area contributed by atoms with Crippen molar-refractivity contribution in [1.82, 2.24) is 0 Å². The van der Waals surface area contributed by atoms with Crippen LogP contribution in [0.1, 0.15) is 33.6 Å². The second kappa shape index (κ2) is 4.69. The molecule has 1 aliphatic heterocycles. The molecule has 0 saturated carbocycles. The molecule has 1 aliphatic rings. The molecule has 0 spiro atoms. The fourth-order valence-electron chi connectivity index (χ4n) is 0.919. The molecule has 0 aliphatic carbocycles. The summed E-state index contributed by atoms with van der Waals surface area (Å²) in [5.74, 6) is 0. The maximum absolute atomic E-state index is 9.25. The molecular formula is C8H18O2. The molecule has 1 N–H and O–H groups in total. The highest BCUT2D eigenvalue weighted by molar-refractivity contribution is 4.74. The molecule has 2 nitrogen and oxygen atoms in total. The molecule has 0 aromatic carbocycles. The zero-order valence-electron chi connectivity index (χ0n) is 7.18. The summed E-state index contributed by atoms with van der Waals surface area (Å²) in [7, 11) is 0. The summed E-state index contributed by atoms with van der Waals surface area (Å²) in [5.41, 5.74) is -0.543. The Kier molecular flexibility index (Phi) is 4.65. The van der Waals surface area contributed by atoms with Crippen molar-refractivity contribution in [2.24, 2.45) is 0 Å². The molecule has 1 fully saturated rings. The number of aliphatic hydroxyl groups is 1. The highest BCUT2D eigenvalue weighted by Crippen LogP contribution is 2.16. The average molecular weight is 146 g/mol. The Morgan fingerprint density at radius 3 is 2.20 bits per heavy atom. The first-order chi connectivity index (χ1) is 4.71. The molecule has 0 amide bonds. The van der Waals surface area contributed by atoms with Crippen LogP contribution >= 0.6 is 0 Å². The normalized spacial score (nSPS) is 32.4. The molecule has 62 valence electrons. The minimum absolute atomic E-state index is 0.507. The molecule has 1 rings (SSSR count). The van der Waals surface area contributed by atoms with Gasteiger partial charge in [0.2, 0.25) is 0 Å². The van der Waals surface area contributed by atoms with Crippen molar-refractivity contribution in [3.63, 3.8) is 0 Å². The summed E-state index contributed by atoms with van der Waals surface area (Å²) in [6, 6.07) is 0. The second-order valence-corrected chi connectivity index (χ2v) is 2.65. The van der Waals surface area contributed by atoms with Crippen molar-refractivity contribution in [2.45, 2.75) is 39.2 Å². The van der Waals surface area contributed by atoms with Crippen LogP contribution in [0.4, 0.5) is 0 Å². The predicted molar refractivity (Wildman–Crippen MR) is 42.0 cm³/mol. The van der Waals surface area contributed by atoms with Gasteiger partial charge in [0.15, 0.2) is 0 Å². The van der Waals surface area contributed by atoms with Gasteiger partial charge in [0, 0.05) is 6.61 Å². The topological polar surface area (TPSA) is 29.5 Å². The molecule has 1 unspecified atom stereocenters. The lowest BCUT2D eigenvalue weighted by Gasteiger charge is -2.27. The van der Waals surface area contributed by atoms with Crippen LogP contribution in [-0.2, 0) is 4.74 Å². The third kappa shape index (κ3) is 3.85. The van der Waals surface area contributed by atoms with Crippen LogP contribution in [0.15, 0.2) is 0 Å². The summed E-state index contributed by atoms with van der Waals surface area (Å²) in [6.07, 6.45) is 1.88. The van der Waals surface area contributed by atoms with E-state index < -0.39 is 5.60 Å². The monoisotopic (exact) mass is 146 g/mol. The maximum Gasteiger partial charge on any atom is 0.0853 e. The van der Waals surface area contributed by atoms with Crippen LogP contribution in [0.3, 0.4) is 0 Å². The Bertz CT molecular complexity index is 71.3. The zero-order valence-corrected chi connectivity index (χ0v) is 7.18. The van der Waals surface area contributed by atoms with E-state index in [0.29, 0.717) is 6.61 Å². The number of hydrogen-bond acceptors (Lipinski definition) is 2. The minimum Gasteiger partial charge on any atom is -0.388 e. The third-order valence-electron chi connectivity index (χ3n) is 1.42. The van der Waals surface area contributed by atoms with E-state index in [2.05, 4.69) is 0 Å². The SMILES string of the molecule is CC.CC1(O)CCCOC1. The van der Waals surface area contributed by atoms with Crippen molar-refractivity contribution < 1.29 is 9.84 Å². The van der Waals surface area contributed by atoms with Gasteiger partial charge in [-0.2, -0.15) is 0 Å². The number of hydrogen-bond donors (Lipinski definition) is 1. The smallest absolute Gasteiger partial charge is 0.0853 e. The summed E-state index contributed by atoms with van der Waals surface area (Å²) >= 11 is 0. The van der Waals surface area contributed by atoms with Gasteiger partial charge in [0.05, 0.1) is 12.2 Å². The predicted octanol–water partition coefficient (Wildman–Crippen LogP) is 1.57. The summed E-state index contributed by atoms with van der Waals surface area (Å²) in [4.78, 5) is 0. The molecule has 10 heavy (non-hydrogen) atoms. The standard InChI is InChI=1S/C6H12O2.C2H6/c1-6(7)3-2-4-8-5-6;1-2/h7H,2-5H2,1H3;1-2H3. The molecule has 0 bridgehead atoms. The lowest BCUT2D eigenvalue weighted by atomic mass is 10.00. The van der Waals surface area contributed by atoms with E-state index in [0.717, 1.165) is 19.4 Å². The maximum atomic E-state index is 9.25. The van der Waals surface area contributed by atoms with Crippen molar-refractivity contribution in [3.05, 3.63) is 0 Å². The van der Waals surface area contributed by atoms with E-state index in [9.17, 15) is 5.11 Å². The Labute approximate surface area is 63.2 Å². The van der Waals surface area contributed by atoms with Crippen LogP contribution in [0.25, 0.3) is 0 Å². The van der Waals surface area contributed by atoms with Gasteiger partial charge in [-0.3, -0.25) is 0 Å². The van der Waals surface area contributed by atoms with E-state index in [1.54, 1.807) is 0 Å². The van der Waals surface area contributed by atoms with Gasteiger partial charge in [-0.1, -0.05) is 13.8 Å². The Morgan fingerprint density at radius 2 is 2.00 bits per heavy atom. The molecular weight excluding hydrogens is 128 g/mol. The minimum atomic E-state index is -0.543. The van der Waals surface area contributed by atoms with Crippen molar-refractivity contribution >= 4 is 0 Å². The highest BCUT2D eigenvalue weighted by atomic mass is 16.5. The third-order valence-corrected chi connectivity index (χ3v) is 1.42. The van der Waals surface area contributed by atoms with Gasteiger partial charge in [-0.05, 0) is 19.8 Å². The number of ether oxygens (including phenoxy) is 1. The lowest BCUT2D eigenvalue weighted by molar-refractivity contribution is -0.0729. The van der Waals surface area contributed by atoms with E-state index in [-0.39, 0.29) is 0 Å². The summed E-state index contributed by atoms with van der Waals surface area (Å²) in [6.45, 7) is 7.13. The van der Waals surface area contributed by atoms with Gasteiger partial charge in [0.1, 0.15) is 0 Å². The first-order valence-electron chi connectivity index (χ1n) is 4.01. The molecule has 1 atom stereocenters. The van der Waals surface area contributed by atoms with Crippen molar-refractivity contribution in [3.8, 4) is 0 Å². The molecule has 2 heteroatoms. The zero-order chi connectivity index (χ0) is 8.04. The summed E-state index contributed by atoms with van der Waals surface area (Å²) in [5, 5.41) is 9.25. The Morgan fingerprint density at radius 1 is 1.40 bits per heavy atom. The van der Waals surface area contributed by atoms with Crippen LogP contribution in [0.2, 0.25) is 0 Å². The number of rotatable bonds is 0. The van der Waals surface area contributed by atoms with E-state index in [1.807, 2.05) is 20.8 Å². The molecule has 1 heterocycles. The van der Waals surface area contributed by atoms with Crippen molar-refractivity contribution in [1.29, 1.82) is 0 Å². The molecule has 0 radical (unpaired) electrons. The second-order valence-electron chi connectivity index (χ2n) is 2.65. The Balaban J connectivity index is 0.000000371. The molecule has 0 aromatic rings. The lowest BCUT2D eigenvalue weighted by Crippen LogP contribution is -2.34. The highest BCUT2D eigenvalue weighted by Gasteiger charge is 2.23. The first kappa shape index (κ1) is 9.92. The van der Waals surface area contributed by atoms with Crippen molar-refractivity contribution in [2.75, 3.05) is 13.2 Å². The Hall–Kier alpha value is -0.0800. The van der Waals surface area contributed by atoms with E-state index in [4.69, 9.17) is 4.74 Å². The van der Waals surface area contributed by atoms with Gasteiger partial charge < -0.3 is 9.84 Å². The average Bonchev–Trinajstić information content (AvgIpc) is 1.92. The van der Waals surface area contributed by atoms with Gasteiger partial charge in [-0.25, -0.2) is 0 Å². The first-order valence-corrected chi connectivity index (χ1v) is 4.01. The largest absolute Gasteiger partial charge is 0.388 e. The summed E-state index contributed by atoms with van der Waals surface area (Å²) < 4.78 is 5.03. The van der Waals surface area contributed by atoms with Gasteiger partial charge >= 0.3 is 0 Å². The van der Waals surface area contributed by atoms with E-state index in [1.165, 1.54) is 0 Å². The van der Waals surface area contributed by atoms with E-state index >= 15 is 0 Å². The fourth-order valence-corrected chi connectivity index (χ4v) is 0.919. The van der Waals surface area contributed by atoms with Crippen LogP contribution < -0.4 is 0 Å². The van der Waals surface area contributed by atoms with Crippen LogP contribution in [0.5, 0.6) is 0 Å². The van der Waals surface area contributed by atoms with Gasteiger partial charge in [0.25, 0.3) is 0 Å². The fraction of sp³-hybridized carbons (Fsp3) is 1.00. The van der Waals surface area contributed by atoms with Crippen LogP contribution in [0, 0.1) is 0 Å². The van der Waals surface area contributed by atoms with Crippen LogP contribution in [-0.4, -0.2) is 23.9 Å². The quantitative estimate of drug-likeness (QED) is 0.562. The molecule has 1 saturated heterocycles.